The number of hydrogen-bond acceptors (Lipinski definition) is 2. The third kappa shape index (κ3) is 5.66. The summed E-state index contributed by atoms with van der Waals surface area (Å²) >= 11 is 3.44. The molecule has 0 saturated heterocycles. The summed E-state index contributed by atoms with van der Waals surface area (Å²) < 4.78 is 1.12. The monoisotopic (exact) mass is 299 g/mol. The van der Waals surface area contributed by atoms with Gasteiger partial charge in [0.15, 0.2) is 0 Å². The summed E-state index contributed by atoms with van der Waals surface area (Å²) in [7, 11) is 0. The minimum Gasteiger partial charge on any atom is -0.396 e. The fourth-order valence-electron chi connectivity index (χ4n) is 1.73. The fraction of sp³-hybridized carbons (Fsp3) is 0.571. The highest BCUT2D eigenvalue weighted by atomic mass is 79.9. The molecule has 2 atom stereocenters. The number of rotatable bonds is 7. The summed E-state index contributed by atoms with van der Waals surface area (Å²) in [5.41, 5.74) is 1.31. The van der Waals surface area contributed by atoms with Crippen molar-refractivity contribution >= 4 is 15.9 Å². The van der Waals surface area contributed by atoms with Gasteiger partial charge in [0.2, 0.25) is 0 Å². The molecule has 96 valence electrons. The highest BCUT2D eigenvalue weighted by Gasteiger charge is 2.04. The summed E-state index contributed by atoms with van der Waals surface area (Å²) in [6.45, 7) is 5.56. The van der Waals surface area contributed by atoms with Gasteiger partial charge in [0.05, 0.1) is 0 Å². The molecule has 2 nitrogen and oxygen atoms in total. The average Bonchev–Trinajstić information content (AvgIpc) is 2.34. The maximum Gasteiger partial charge on any atom is 0.0456 e. The molecule has 0 aliphatic rings. The number of halogens is 1. The molecular weight excluding hydrogens is 278 g/mol. The van der Waals surface area contributed by atoms with Crippen LogP contribution in [0.25, 0.3) is 0 Å². The minimum absolute atomic E-state index is 0.294. The Labute approximate surface area is 113 Å². The van der Waals surface area contributed by atoms with Crippen LogP contribution in [0.3, 0.4) is 0 Å². The predicted octanol–water partition coefficient (Wildman–Crippen LogP) is 3.51. The van der Waals surface area contributed by atoms with Crippen molar-refractivity contribution in [1.82, 2.24) is 5.32 Å². The van der Waals surface area contributed by atoms with Crippen molar-refractivity contribution < 1.29 is 5.11 Å². The van der Waals surface area contributed by atoms with Crippen molar-refractivity contribution in [3.63, 3.8) is 0 Å². The van der Waals surface area contributed by atoms with Crippen molar-refractivity contribution in [2.24, 2.45) is 5.92 Å². The molecule has 0 saturated carbocycles. The zero-order valence-electron chi connectivity index (χ0n) is 10.6. The molecular formula is C14H22BrNO. The van der Waals surface area contributed by atoms with Crippen LogP contribution >= 0.6 is 15.9 Å². The second-order valence-electron chi connectivity index (χ2n) is 4.66. The van der Waals surface area contributed by atoms with Gasteiger partial charge < -0.3 is 10.4 Å². The first-order valence-electron chi connectivity index (χ1n) is 6.23. The second-order valence-corrected chi connectivity index (χ2v) is 5.57. The Balaban J connectivity index is 2.25. The van der Waals surface area contributed by atoms with Crippen LogP contribution in [0.4, 0.5) is 0 Å². The van der Waals surface area contributed by atoms with Crippen LogP contribution in [0, 0.1) is 5.92 Å². The molecule has 1 aromatic rings. The lowest BCUT2D eigenvalue weighted by Crippen LogP contribution is -2.20. The maximum atomic E-state index is 8.92. The Bertz CT molecular complexity index is 313. The van der Waals surface area contributed by atoms with Gasteiger partial charge in [0.25, 0.3) is 0 Å². The molecule has 3 heteroatoms. The van der Waals surface area contributed by atoms with E-state index in [9.17, 15) is 0 Å². The van der Waals surface area contributed by atoms with Crippen molar-refractivity contribution in [3.05, 3.63) is 34.3 Å². The van der Waals surface area contributed by atoms with E-state index in [1.165, 1.54) is 5.56 Å². The zero-order chi connectivity index (χ0) is 12.7. The molecule has 1 rings (SSSR count). The first-order chi connectivity index (χ1) is 8.13. The van der Waals surface area contributed by atoms with Gasteiger partial charge in [-0.1, -0.05) is 35.0 Å². The van der Waals surface area contributed by atoms with Crippen LogP contribution in [-0.2, 0) is 0 Å². The molecule has 0 aliphatic carbocycles. The lowest BCUT2D eigenvalue weighted by Gasteiger charge is -2.15. The highest BCUT2D eigenvalue weighted by Crippen LogP contribution is 2.16. The SMILES string of the molecule is CC(CO)CCCNC(C)c1ccc(Br)cc1. The van der Waals surface area contributed by atoms with E-state index >= 15 is 0 Å². The van der Waals surface area contributed by atoms with E-state index in [-0.39, 0.29) is 0 Å². The standard InChI is InChI=1S/C14H22BrNO/c1-11(10-17)4-3-9-16-12(2)13-5-7-14(15)8-6-13/h5-8,11-12,16-17H,3-4,9-10H2,1-2H3. The highest BCUT2D eigenvalue weighted by molar-refractivity contribution is 9.10. The number of hydrogen-bond donors (Lipinski definition) is 2. The van der Waals surface area contributed by atoms with Crippen LogP contribution in [0.2, 0.25) is 0 Å². The summed E-state index contributed by atoms with van der Waals surface area (Å²) in [5.74, 6) is 0.416. The number of aliphatic hydroxyl groups excluding tert-OH is 1. The summed E-state index contributed by atoms with van der Waals surface area (Å²) in [6, 6.07) is 8.80. The first kappa shape index (κ1) is 14.7. The van der Waals surface area contributed by atoms with Gasteiger partial charge in [-0.25, -0.2) is 0 Å². The first-order valence-corrected chi connectivity index (χ1v) is 7.02. The van der Waals surface area contributed by atoms with E-state index in [0.29, 0.717) is 18.6 Å². The molecule has 0 amide bonds. The van der Waals surface area contributed by atoms with Crippen molar-refractivity contribution in [1.29, 1.82) is 0 Å². The second kappa shape index (κ2) is 7.85. The Hall–Kier alpha value is -0.380. The quantitative estimate of drug-likeness (QED) is 0.755. The van der Waals surface area contributed by atoms with E-state index in [1.807, 2.05) is 0 Å². The van der Waals surface area contributed by atoms with Crippen LogP contribution < -0.4 is 5.32 Å². The maximum absolute atomic E-state index is 8.92. The molecule has 17 heavy (non-hydrogen) atoms. The molecule has 0 bridgehead atoms. The van der Waals surface area contributed by atoms with E-state index in [1.54, 1.807) is 0 Å². The predicted molar refractivity (Wildman–Crippen MR) is 76.0 cm³/mol. The summed E-state index contributed by atoms with van der Waals surface area (Å²) in [6.07, 6.45) is 2.19. The molecule has 2 N–H and O–H groups in total. The van der Waals surface area contributed by atoms with Gasteiger partial charge in [0.1, 0.15) is 0 Å². The van der Waals surface area contributed by atoms with E-state index in [0.717, 1.165) is 23.9 Å². The van der Waals surface area contributed by atoms with Gasteiger partial charge in [-0.3, -0.25) is 0 Å². The van der Waals surface area contributed by atoms with Crippen LogP contribution in [0.1, 0.15) is 38.3 Å². The van der Waals surface area contributed by atoms with Crippen LogP contribution in [0.15, 0.2) is 28.7 Å². The van der Waals surface area contributed by atoms with Crippen molar-refractivity contribution in [2.75, 3.05) is 13.2 Å². The Morgan fingerprint density at radius 2 is 1.88 bits per heavy atom. The molecule has 0 spiro atoms. The van der Waals surface area contributed by atoms with Gasteiger partial charge in [-0.15, -0.1) is 0 Å². The lowest BCUT2D eigenvalue weighted by atomic mass is 10.1. The topological polar surface area (TPSA) is 32.3 Å². The minimum atomic E-state index is 0.294. The Morgan fingerprint density at radius 1 is 1.24 bits per heavy atom. The Morgan fingerprint density at radius 3 is 2.47 bits per heavy atom. The van der Waals surface area contributed by atoms with Gasteiger partial charge >= 0.3 is 0 Å². The molecule has 0 aliphatic heterocycles. The fourth-order valence-corrected chi connectivity index (χ4v) is 1.99. The number of benzene rings is 1. The molecule has 1 aromatic carbocycles. The van der Waals surface area contributed by atoms with E-state index < -0.39 is 0 Å². The number of nitrogens with one attached hydrogen (secondary N) is 1. The number of aliphatic hydroxyl groups is 1. The summed E-state index contributed by atoms with van der Waals surface area (Å²) in [5, 5.41) is 12.4. The van der Waals surface area contributed by atoms with Gasteiger partial charge in [-0.2, -0.15) is 0 Å². The third-order valence-electron chi connectivity index (χ3n) is 3.01. The lowest BCUT2D eigenvalue weighted by molar-refractivity contribution is 0.227. The molecule has 2 unspecified atom stereocenters. The molecule has 0 radical (unpaired) electrons. The third-order valence-corrected chi connectivity index (χ3v) is 3.53. The smallest absolute Gasteiger partial charge is 0.0456 e. The van der Waals surface area contributed by atoms with Crippen LogP contribution in [0.5, 0.6) is 0 Å². The summed E-state index contributed by atoms with van der Waals surface area (Å²) in [4.78, 5) is 0. The zero-order valence-corrected chi connectivity index (χ0v) is 12.2. The van der Waals surface area contributed by atoms with E-state index in [4.69, 9.17) is 5.11 Å². The average molecular weight is 300 g/mol. The normalized spacial score (nSPS) is 14.6. The molecule has 0 heterocycles. The Kier molecular flexibility index (Phi) is 6.78. The van der Waals surface area contributed by atoms with Crippen LogP contribution in [-0.4, -0.2) is 18.3 Å². The van der Waals surface area contributed by atoms with Crippen molar-refractivity contribution in [3.8, 4) is 0 Å². The molecule has 0 aromatic heterocycles. The van der Waals surface area contributed by atoms with E-state index in [2.05, 4.69) is 59.4 Å². The molecule has 0 fully saturated rings. The van der Waals surface area contributed by atoms with Gasteiger partial charge in [0, 0.05) is 17.1 Å². The van der Waals surface area contributed by atoms with Gasteiger partial charge in [-0.05, 0) is 49.9 Å². The van der Waals surface area contributed by atoms with Crippen molar-refractivity contribution in [2.45, 2.75) is 32.7 Å². The largest absolute Gasteiger partial charge is 0.396 e.